The van der Waals surface area contributed by atoms with Gasteiger partial charge < -0.3 is 20.3 Å². The van der Waals surface area contributed by atoms with Crippen LogP contribution in [0.2, 0.25) is 0 Å². The second-order valence-corrected chi connectivity index (χ2v) is 9.11. The van der Waals surface area contributed by atoms with E-state index in [1.807, 2.05) is 4.90 Å². The first-order chi connectivity index (χ1) is 17.1. The average Bonchev–Trinajstić information content (AvgIpc) is 3.26. The van der Waals surface area contributed by atoms with Crippen LogP contribution in [0.4, 0.5) is 29.8 Å². The topological polar surface area (TPSA) is 122 Å². The zero-order chi connectivity index (χ0) is 25.9. The van der Waals surface area contributed by atoms with Crippen LogP contribution in [-0.4, -0.2) is 51.7 Å². The number of piperidine rings is 1. The monoisotopic (exact) mass is 521 g/mol. The minimum Gasteiger partial charge on any atom is -0.405 e. The van der Waals surface area contributed by atoms with Gasteiger partial charge in [0.15, 0.2) is 5.82 Å². The molecule has 36 heavy (non-hydrogen) atoms. The van der Waals surface area contributed by atoms with Crippen molar-refractivity contribution in [1.29, 1.82) is 0 Å². The summed E-state index contributed by atoms with van der Waals surface area (Å²) < 4.78 is 43.2. The number of anilines is 3. The first-order valence-corrected chi connectivity index (χ1v) is 11.8. The minimum absolute atomic E-state index is 0.0278. The Morgan fingerprint density at radius 2 is 1.83 bits per heavy atom. The molecule has 0 aliphatic carbocycles. The van der Waals surface area contributed by atoms with Crippen LogP contribution in [0, 0.1) is 0 Å². The van der Waals surface area contributed by atoms with Crippen LogP contribution in [0.5, 0.6) is 5.75 Å². The number of carbonyl (C=O) groups excluding carboxylic acids is 2. The van der Waals surface area contributed by atoms with E-state index in [-0.39, 0.29) is 28.8 Å². The number of halogens is 3. The van der Waals surface area contributed by atoms with Crippen LogP contribution in [0.15, 0.2) is 30.3 Å². The molecule has 1 aliphatic heterocycles. The highest BCUT2D eigenvalue weighted by molar-refractivity contribution is 7.15. The number of aromatic nitrogens is 4. The van der Waals surface area contributed by atoms with E-state index >= 15 is 0 Å². The molecular weight excluding hydrogens is 499 g/mol. The van der Waals surface area contributed by atoms with Crippen LogP contribution < -0.4 is 20.3 Å². The van der Waals surface area contributed by atoms with Crippen LogP contribution in [0.1, 0.15) is 37.6 Å². The summed E-state index contributed by atoms with van der Waals surface area (Å²) in [5, 5.41) is 23.0. The molecule has 3 heterocycles. The van der Waals surface area contributed by atoms with Crippen molar-refractivity contribution in [3.8, 4) is 17.0 Å². The lowest BCUT2D eigenvalue weighted by Crippen LogP contribution is -2.35. The number of hydrogen-bond donors (Lipinski definition) is 2. The smallest absolute Gasteiger partial charge is 0.405 e. The normalized spacial score (nSPS) is 15.9. The Balaban J connectivity index is 1.57. The van der Waals surface area contributed by atoms with Crippen LogP contribution in [0.3, 0.4) is 0 Å². The van der Waals surface area contributed by atoms with Gasteiger partial charge in [-0.15, -0.1) is 33.6 Å². The van der Waals surface area contributed by atoms with E-state index in [9.17, 15) is 22.8 Å². The number of nitrogens with zero attached hydrogens (tertiary/aromatic N) is 5. The second kappa shape index (κ2) is 10.4. The number of ether oxygens (including phenoxy) is 1. The molecular formula is C22H22F3N7O3S. The number of benzene rings is 1. The maximum Gasteiger partial charge on any atom is 0.573 e. The third-order valence-corrected chi connectivity index (χ3v) is 6.29. The Kier molecular flexibility index (Phi) is 7.33. The van der Waals surface area contributed by atoms with E-state index in [1.165, 1.54) is 43.4 Å². The van der Waals surface area contributed by atoms with Gasteiger partial charge in [-0.3, -0.25) is 9.59 Å². The van der Waals surface area contributed by atoms with Crippen molar-refractivity contribution in [2.75, 3.05) is 28.6 Å². The third kappa shape index (κ3) is 6.24. The highest BCUT2D eigenvalue weighted by Gasteiger charge is 2.33. The predicted molar refractivity (Wildman–Crippen MR) is 127 cm³/mol. The summed E-state index contributed by atoms with van der Waals surface area (Å²) in [4.78, 5) is 24.9. The Morgan fingerprint density at radius 1 is 1.06 bits per heavy atom. The molecule has 1 saturated heterocycles. The molecule has 1 atom stereocenters. The quantitative estimate of drug-likeness (QED) is 0.495. The van der Waals surface area contributed by atoms with Gasteiger partial charge in [0.25, 0.3) is 0 Å². The maximum atomic E-state index is 13.0. The lowest BCUT2D eigenvalue weighted by molar-refractivity contribution is -0.274. The molecule has 10 nitrogen and oxygen atoms in total. The molecule has 1 aliphatic rings. The van der Waals surface area contributed by atoms with E-state index in [2.05, 4.69) is 35.8 Å². The molecule has 1 fully saturated rings. The van der Waals surface area contributed by atoms with E-state index < -0.39 is 18.0 Å². The van der Waals surface area contributed by atoms with Gasteiger partial charge in [0.05, 0.1) is 16.9 Å². The summed E-state index contributed by atoms with van der Waals surface area (Å²) in [5.41, 5.74) is 0.204. The third-order valence-electron chi connectivity index (χ3n) is 5.29. The van der Waals surface area contributed by atoms with Gasteiger partial charge in [0, 0.05) is 32.9 Å². The van der Waals surface area contributed by atoms with Crippen LogP contribution in [0.25, 0.3) is 11.3 Å². The zero-order valence-corrected chi connectivity index (χ0v) is 20.1. The van der Waals surface area contributed by atoms with Crippen molar-refractivity contribution < 1.29 is 27.5 Å². The van der Waals surface area contributed by atoms with Gasteiger partial charge in [0.2, 0.25) is 16.9 Å². The molecule has 14 heteroatoms. The molecule has 190 valence electrons. The number of nitrogens with one attached hydrogen (secondary N) is 2. The van der Waals surface area contributed by atoms with Gasteiger partial charge >= 0.3 is 6.36 Å². The van der Waals surface area contributed by atoms with E-state index in [0.29, 0.717) is 24.0 Å². The largest absolute Gasteiger partial charge is 0.573 e. The van der Waals surface area contributed by atoms with Gasteiger partial charge in [0.1, 0.15) is 10.8 Å². The standard InChI is InChI=1S/C22H22F3N7O3S/c1-12(33)26-15-6-3-7-17(35-22(23,24)25)19(15)16-8-9-18(29-28-16)32-10-4-5-14(11-32)20-30-31-21(36-20)27-13(2)34/h3,6-9,14H,4-5,10-11H2,1-2H3,(H,26,33)(H,27,31,34). The van der Waals surface area contributed by atoms with Crippen molar-refractivity contribution in [1.82, 2.24) is 20.4 Å². The van der Waals surface area contributed by atoms with Crippen molar-refractivity contribution >= 4 is 39.8 Å². The summed E-state index contributed by atoms with van der Waals surface area (Å²) in [6.07, 6.45) is -3.18. The highest BCUT2D eigenvalue weighted by atomic mass is 32.1. The minimum atomic E-state index is -4.93. The van der Waals surface area contributed by atoms with Crippen molar-refractivity contribution in [2.24, 2.45) is 0 Å². The molecule has 0 radical (unpaired) electrons. The summed E-state index contributed by atoms with van der Waals surface area (Å²) in [6.45, 7) is 3.96. The number of amides is 2. The Morgan fingerprint density at radius 3 is 2.50 bits per heavy atom. The average molecular weight is 522 g/mol. The van der Waals surface area contributed by atoms with Gasteiger partial charge in [-0.1, -0.05) is 17.4 Å². The first-order valence-electron chi connectivity index (χ1n) is 11.0. The molecule has 1 unspecified atom stereocenters. The number of hydrogen-bond acceptors (Lipinski definition) is 9. The summed E-state index contributed by atoms with van der Waals surface area (Å²) in [7, 11) is 0. The summed E-state index contributed by atoms with van der Waals surface area (Å²) in [5.74, 6) is -0.553. The Hall–Kier alpha value is -3.81. The van der Waals surface area contributed by atoms with Crippen LogP contribution in [-0.2, 0) is 9.59 Å². The second-order valence-electron chi connectivity index (χ2n) is 8.10. The van der Waals surface area contributed by atoms with E-state index in [1.54, 1.807) is 6.07 Å². The number of carbonyl (C=O) groups is 2. The lowest BCUT2D eigenvalue weighted by atomic mass is 9.99. The molecule has 4 rings (SSSR count). The van der Waals surface area contributed by atoms with Gasteiger partial charge in [-0.05, 0) is 37.1 Å². The number of alkyl halides is 3. The van der Waals surface area contributed by atoms with Crippen molar-refractivity contribution in [3.63, 3.8) is 0 Å². The fourth-order valence-electron chi connectivity index (χ4n) is 3.91. The molecule has 0 spiro atoms. The zero-order valence-electron chi connectivity index (χ0n) is 19.3. The Labute approximate surface area is 207 Å². The molecule has 1 aromatic carbocycles. The SMILES string of the molecule is CC(=O)Nc1nnc(C2CCCN(c3ccc(-c4c(NC(C)=O)cccc4OC(F)(F)F)nn3)C2)s1. The molecule has 3 aromatic rings. The molecule has 0 bridgehead atoms. The Bertz CT molecular complexity index is 1250. The molecule has 2 N–H and O–H groups in total. The molecule has 2 amide bonds. The predicted octanol–water partition coefficient (Wildman–Crippen LogP) is 4.19. The fourth-order valence-corrected chi connectivity index (χ4v) is 4.83. The van der Waals surface area contributed by atoms with E-state index in [4.69, 9.17) is 0 Å². The molecule has 0 saturated carbocycles. The van der Waals surface area contributed by atoms with Crippen molar-refractivity contribution in [3.05, 3.63) is 35.3 Å². The lowest BCUT2D eigenvalue weighted by Gasteiger charge is -2.32. The van der Waals surface area contributed by atoms with Crippen LogP contribution >= 0.6 is 11.3 Å². The van der Waals surface area contributed by atoms with E-state index in [0.717, 1.165) is 23.9 Å². The first kappa shape index (κ1) is 25.3. The summed E-state index contributed by atoms with van der Waals surface area (Å²) in [6, 6.07) is 7.15. The van der Waals surface area contributed by atoms with Crippen molar-refractivity contribution in [2.45, 2.75) is 39.0 Å². The summed E-state index contributed by atoms with van der Waals surface area (Å²) >= 11 is 1.32. The fraction of sp³-hybridized carbons (Fsp3) is 0.364. The van der Waals surface area contributed by atoms with Gasteiger partial charge in [-0.2, -0.15) is 0 Å². The highest BCUT2D eigenvalue weighted by Crippen LogP contribution is 2.39. The number of rotatable bonds is 6. The maximum absolute atomic E-state index is 13.0. The molecule has 2 aromatic heterocycles. The van der Waals surface area contributed by atoms with Gasteiger partial charge in [-0.25, -0.2) is 0 Å².